The number of nitrogens with zero attached hydrogens (tertiary/aromatic N) is 1. The van der Waals surface area contributed by atoms with Crippen LogP contribution in [0.4, 0.5) is 11.6 Å². The fraction of sp³-hybridized carbons (Fsp3) is 0.333. The molecule has 0 bridgehead atoms. The number of fused-ring (bicyclic) bond motifs is 3. The van der Waals surface area contributed by atoms with Crippen LogP contribution in [-0.4, -0.2) is 66.0 Å². The number of hydrogen-bond donors (Lipinski definition) is 6. The topological polar surface area (TPSA) is 213 Å². The number of H-pyrrole nitrogens is 1. The Labute approximate surface area is 239 Å². The number of phenols is 1. The van der Waals surface area contributed by atoms with Crippen molar-refractivity contribution in [3.05, 3.63) is 59.3 Å². The lowest BCUT2D eigenvalue weighted by molar-refractivity contribution is -0.189. The fourth-order valence-corrected chi connectivity index (χ4v) is 6.98. The fourth-order valence-electron chi connectivity index (χ4n) is 6.98. The van der Waals surface area contributed by atoms with Gasteiger partial charge < -0.3 is 31.4 Å². The molecule has 6 rings (SSSR count). The number of primary amides is 1. The SMILES string of the molecule is Cc1[nH]c(Nc2ccc3c(c2O)C(=O)C2C(=O)[C@]4(O)C(=O)C(C(N)=O)C(=O)C[C@@H]4[C@@H](O)[C@@H]2[C@H]3C)nc1-c1ccccc1. The zero-order valence-corrected chi connectivity index (χ0v) is 22.6. The van der Waals surface area contributed by atoms with Crippen LogP contribution in [0.3, 0.4) is 0 Å². The third kappa shape index (κ3) is 3.68. The highest BCUT2D eigenvalue weighted by Gasteiger charge is 2.69. The molecule has 12 heteroatoms. The van der Waals surface area contributed by atoms with E-state index in [-0.39, 0.29) is 17.2 Å². The number of nitrogens with two attached hydrogens (primary N) is 1. The van der Waals surface area contributed by atoms with Gasteiger partial charge >= 0.3 is 0 Å². The number of aliphatic hydroxyl groups is 2. The number of Topliss-reactive ketones (excluding diaryl/α,β-unsaturated/α-hetero) is 4. The summed E-state index contributed by atoms with van der Waals surface area (Å²) in [5.74, 6) is -13.1. The third-order valence-corrected chi connectivity index (χ3v) is 9.04. The molecule has 1 amide bonds. The minimum absolute atomic E-state index is 0.106. The number of carbonyl (C=O) groups is 5. The van der Waals surface area contributed by atoms with Crippen molar-refractivity contribution in [2.45, 2.75) is 37.9 Å². The number of hydrogen-bond acceptors (Lipinski definition) is 10. The van der Waals surface area contributed by atoms with E-state index >= 15 is 0 Å². The van der Waals surface area contributed by atoms with Crippen LogP contribution in [0.15, 0.2) is 42.5 Å². The van der Waals surface area contributed by atoms with Gasteiger partial charge in [-0.1, -0.05) is 43.3 Å². The predicted molar refractivity (Wildman–Crippen MR) is 147 cm³/mol. The molecule has 0 aliphatic heterocycles. The number of nitrogens with one attached hydrogen (secondary N) is 2. The Morgan fingerprint density at radius 3 is 2.45 bits per heavy atom. The maximum Gasteiger partial charge on any atom is 0.235 e. The molecule has 216 valence electrons. The molecule has 7 atom stereocenters. The molecule has 3 aliphatic rings. The molecule has 12 nitrogen and oxygen atoms in total. The zero-order valence-electron chi connectivity index (χ0n) is 22.6. The van der Waals surface area contributed by atoms with Crippen LogP contribution in [0.5, 0.6) is 5.75 Å². The van der Waals surface area contributed by atoms with Gasteiger partial charge in [0.2, 0.25) is 11.9 Å². The summed E-state index contributed by atoms with van der Waals surface area (Å²) in [7, 11) is 0. The van der Waals surface area contributed by atoms with Gasteiger partial charge in [-0.3, -0.25) is 24.0 Å². The molecule has 0 radical (unpaired) electrons. The van der Waals surface area contributed by atoms with Gasteiger partial charge in [-0.2, -0.15) is 0 Å². The molecule has 2 aromatic carbocycles. The van der Waals surface area contributed by atoms with E-state index in [9.17, 15) is 39.3 Å². The van der Waals surface area contributed by atoms with Crippen molar-refractivity contribution in [1.29, 1.82) is 0 Å². The van der Waals surface area contributed by atoms with Crippen molar-refractivity contribution < 1.29 is 39.3 Å². The average molecular weight is 573 g/mol. The number of imidazole rings is 1. The summed E-state index contributed by atoms with van der Waals surface area (Å²) in [5, 5.41) is 37.0. The minimum atomic E-state index is -2.97. The number of rotatable bonds is 4. The molecule has 3 aliphatic carbocycles. The molecule has 42 heavy (non-hydrogen) atoms. The van der Waals surface area contributed by atoms with Gasteiger partial charge in [-0.15, -0.1) is 0 Å². The average Bonchev–Trinajstić information content (AvgIpc) is 3.32. The Morgan fingerprint density at radius 2 is 1.79 bits per heavy atom. The number of aromatic nitrogens is 2. The number of amides is 1. The van der Waals surface area contributed by atoms with E-state index in [1.165, 1.54) is 6.07 Å². The van der Waals surface area contributed by atoms with Crippen molar-refractivity contribution in [3.8, 4) is 17.0 Å². The van der Waals surface area contributed by atoms with E-state index in [1.807, 2.05) is 37.3 Å². The summed E-state index contributed by atoms with van der Waals surface area (Å²) >= 11 is 0. The van der Waals surface area contributed by atoms with Gasteiger partial charge in [0.1, 0.15) is 5.75 Å². The van der Waals surface area contributed by atoms with Crippen LogP contribution < -0.4 is 11.1 Å². The monoisotopic (exact) mass is 572 g/mol. The lowest BCUT2D eigenvalue weighted by Gasteiger charge is -2.52. The van der Waals surface area contributed by atoms with Gasteiger partial charge in [0.15, 0.2) is 34.7 Å². The van der Waals surface area contributed by atoms with Crippen LogP contribution in [0, 0.1) is 30.6 Å². The number of anilines is 2. The first-order chi connectivity index (χ1) is 19.9. The number of ketones is 4. The molecule has 1 aromatic heterocycles. The largest absolute Gasteiger partial charge is 0.505 e. The van der Waals surface area contributed by atoms with Crippen LogP contribution in [0.2, 0.25) is 0 Å². The second kappa shape index (κ2) is 9.43. The normalized spacial score (nSPS) is 30.4. The Hall–Kier alpha value is -4.68. The van der Waals surface area contributed by atoms with Gasteiger partial charge in [0, 0.05) is 29.5 Å². The highest BCUT2D eigenvalue weighted by atomic mass is 16.3. The molecule has 0 saturated heterocycles. The van der Waals surface area contributed by atoms with E-state index in [2.05, 4.69) is 15.3 Å². The molecule has 3 aromatic rings. The maximum absolute atomic E-state index is 13.9. The van der Waals surface area contributed by atoms with Crippen molar-refractivity contribution >= 4 is 40.7 Å². The first-order valence-corrected chi connectivity index (χ1v) is 13.5. The summed E-state index contributed by atoms with van der Waals surface area (Å²) in [6, 6.07) is 12.5. The Morgan fingerprint density at radius 1 is 1.10 bits per heavy atom. The van der Waals surface area contributed by atoms with E-state index < -0.39 is 82.5 Å². The second-order valence-corrected chi connectivity index (χ2v) is 11.3. The number of aryl methyl sites for hydroxylation is 1. The van der Waals surface area contributed by atoms with Crippen molar-refractivity contribution in [3.63, 3.8) is 0 Å². The Kier molecular flexibility index (Phi) is 6.17. The molecular formula is C30H28N4O8. The number of aromatic amines is 1. The Balaban J connectivity index is 1.39. The zero-order chi connectivity index (χ0) is 30.2. The van der Waals surface area contributed by atoms with Gasteiger partial charge in [-0.25, -0.2) is 4.98 Å². The summed E-state index contributed by atoms with van der Waals surface area (Å²) in [5.41, 5.74) is 4.81. The lowest BCUT2D eigenvalue weighted by Crippen LogP contribution is -2.72. The number of phenolic OH excluding ortho intramolecular Hbond substituents is 1. The van der Waals surface area contributed by atoms with Crippen LogP contribution in [-0.2, 0) is 19.2 Å². The minimum Gasteiger partial charge on any atom is -0.505 e. The number of aromatic hydroxyl groups is 1. The summed E-state index contributed by atoms with van der Waals surface area (Å²) in [6.07, 6.45) is -2.25. The van der Waals surface area contributed by atoms with E-state index in [4.69, 9.17) is 5.73 Å². The molecule has 0 spiro atoms. The van der Waals surface area contributed by atoms with Crippen molar-refractivity contribution in [1.82, 2.24) is 9.97 Å². The van der Waals surface area contributed by atoms with E-state index in [0.29, 0.717) is 11.3 Å². The van der Waals surface area contributed by atoms with Gasteiger partial charge in [0.05, 0.1) is 29.0 Å². The van der Waals surface area contributed by atoms with E-state index in [1.54, 1.807) is 13.0 Å². The van der Waals surface area contributed by atoms with Crippen LogP contribution >= 0.6 is 0 Å². The van der Waals surface area contributed by atoms with Gasteiger partial charge in [-0.05, 0) is 24.5 Å². The standard InChI is InChI=1S/C30H28N4O8/c1-11-14-8-9-16(33-29-32-12(2)22(34-29)13-6-4-3-5-7-13)24(37)19(14)25(38)21-18(11)23(36)15-10-17(35)20(28(31)41)26(39)30(15,42)27(21)40/h3-9,11,15,18,20-21,23,36-37,42H,10H2,1-2H3,(H2,31,41)(H2,32,33,34)/t11-,15+,18+,20?,21?,23+,30+/m0/s1. The number of benzene rings is 2. The Bertz CT molecular complexity index is 1700. The summed E-state index contributed by atoms with van der Waals surface area (Å²) in [6.45, 7) is 3.48. The van der Waals surface area contributed by atoms with Crippen molar-refractivity contribution in [2.24, 2.45) is 29.4 Å². The van der Waals surface area contributed by atoms with Crippen molar-refractivity contribution in [2.75, 3.05) is 5.32 Å². The smallest absolute Gasteiger partial charge is 0.235 e. The first-order valence-electron chi connectivity index (χ1n) is 13.5. The molecular weight excluding hydrogens is 544 g/mol. The van der Waals surface area contributed by atoms with Gasteiger partial charge in [0.25, 0.3) is 0 Å². The molecule has 2 unspecified atom stereocenters. The molecule has 2 fully saturated rings. The number of aliphatic hydroxyl groups excluding tert-OH is 1. The highest BCUT2D eigenvalue weighted by molar-refractivity contribution is 6.31. The lowest BCUT2D eigenvalue weighted by atomic mass is 9.50. The second-order valence-electron chi connectivity index (χ2n) is 11.3. The predicted octanol–water partition coefficient (Wildman–Crippen LogP) is 1.30. The first kappa shape index (κ1) is 27.5. The maximum atomic E-state index is 13.9. The molecule has 7 N–H and O–H groups in total. The van der Waals surface area contributed by atoms with Crippen LogP contribution in [0.25, 0.3) is 11.3 Å². The molecule has 1 heterocycles. The summed E-state index contributed by atoms with van der Waals surface area (Å²) in [4.78, 5) is 72.9. The molecule has 2 saturated carbocycles. The van der Waals surface area contributed by atoms with Crippen LogP contribution in [0.1, 0.15) is 40.9 Å². The quantitative estimate of drug-likeness (QED) is 0.195. The summed E-state index contributed by atoms with van der Waals surface area (Å²) < 4.78 is 0. The third-order valence-electron chi connectivity index (χ3n) is 9.04. The highest BCUT2D eigenvalue weighted by Crippen LogP contribution is 2.54. The van der Waals surface area contributed by atoms with E-state index in [0.717, 1.165) is 11.3 Å². The number of carbonyl (C=O) groups excluding carboxylic acids is 5.